The zero-order valence-corrected chi connectivity index (χ0v) is 11.0. The number of nitrogens with zero attached hydrogens (tertiary/aromatic N) is 1. The van der Waals surface area contributed by atoms with Gasteiger partial charge < -0.3 is 14.3 Å². The molecule has 2 atom stereocenters. The Hall–Kier alpha value is -1.59. The summed E-state index contributed by atoms with van der Waals surface area (Å²) < 4.78 is 11.1. The van der Waals surface area contributed by atoms with Gasteiger partial charge in [-0.2, -0.15) is 0 Å². The molecule has 0 spiro atoms. The summed E-state index contributed by atoms with van der Waals surface area (Å²) in [6.07, 6.45) is -0.106. The number of fused-ring (bicyclic) bond motifs is 1. The normalized spacial score (nSPS) is 23.1. The highest BCUT2D eigenvalue weighted by atomic mass is 35.5. The lowest BCUT2D eigenvalue weighted by atomic mass is 10.2. The largest absolute Gasteiger partial charge is 0.479 e. The van der Waals surface area contributed by atoms with E-state index in [4.69, 9.17) is 25.9 Å². The highest BCUT2D eigenvalue weighted by Gasteiger charge is 2.34. The number of hydrogen-bond acceptors (Lipinski definition) is 4. The smallest absolute Gasteiger partial charge is 0.332 e. The van der Waals surface area contributed by atoms with E-state index < -0.39 is 18.2 Å². The topological polar surface area (TPSA) is 72.6 Å². The van der Waals surface area contributed by atoms with Gasteiger partial charge >= 0.3 is 5.97 Å². The number of oxazole rings is 1. The number of benzene rings is 1. The Kier molecular flexibility index (Phi) is 2.95. The molecule has 19 heavy (non-hydrogen) atoms. The minimum absolute atomic E-state index is 0.397. The summed E-state index contributed by atoms with van der Waals surface area (Å²) in [5, 5.41) is 9.50. The number of carboxylic acids is 1. The van der Waals surface area contributed by atoms with Crippen molar-refractivity contribution in [2.75, 3.05) is 0 Å². The molecular formula is C13H12ClNO4. The van der Waals surface area contributed by atoms with Crippen LogP contribution in [0, 0.1) is 6.92 Å². The van der Waals surface area contributed by atoms with Crippen LogP contribution in [0.3, 0.4) is 0 Å². The number of halogens is 1. The number of carbonyl (C=O) groups is 1. The van der Waals surface area contributed by atoms with Crippen molar-refractivity contribution in [3.8, 4) is 0 Å². The molecule has 1 N–H and O–H groups in total. The van der Waals surface area contributed by atoms with Gasteiger partial charge in [0.1, 0.15) is 11.6 Å². The van der Waals surface area contributed by atoms with Crippen molar-refractivity contribution in [2.45, 2.75) is 32.0 Å². The molecule has 0 bridgehead atoms. The zero-order valence-electron chi connectivity index (χ0n) is 10.2. The average molecular weight is 282 g/mol. The van der Waals surface area contributed by atoms with Gasteiger partial charge in [0, 0.05) is 5.02 Å². The number of carboxylic acid groups (broad SMARTS) is 1. The highest BCUT2D eigenvalue weighted by molar-refractivity contribution is 6.31. The molecule has 1 aromatic heterocycles. The third kappa shape index (κ3) is 2.19. The molecule has 0 aliphatic carbocycles. The van der Waals surface area contributed by atoms with Gasteiger partial charge in [-0.25, -0.2) is 9.78 Å². The Morgan fingerprint density at radius 1 is 1.47 bits per heavy atom. The zero-order chi connectivity index (χ0) is 13.6. The summed E-state index contributed by atoms with van der Waals surface area (Å²) in [5.74, 6) is -0.526. The van der Waals surface area contributed by atoms with Gasteiger partial charge in [-0.15, -0.1) is 0 Å². The Morgan fingerprint density at radius 2 is 2.26 bits per heavy atom. The number of hydrogen-bond donors (Lipinski definition) is 1. The van der Waals surface area contributed by atoms with Crippen molar-refractivity contribution >= 4 is 28.7 Å². The van der Waals surface area contributed by atoms with E-state index in [-0.39, 0.29) is 0 Å². The second kappa shape index (κ2) is 4.51. The van der Waals surface area contributed by atoms with E-state index in [1.807, 2.05) is 6.92 Å². The summed E-state index contributed by atoms with van der Waals surface area (Å²) in [6, 6.07) is 3.52. The molecule has 3 rings (SSSR count). The lowest BCUT2D eigenvalue weighted by Gasteiger charge is -2.06. The van der Waals surface area contributed by atoms with Gasteiger partial charge in [0.15, 0.2) is 11.7 Å². The van der Waals surface area contributed by atoms with Gasteiger partial charge in [-0.05, 0) is 37.5 Å². The van der Waals surface area contributed by atoms with E-state index in [0.29, 0.717) is 34.9 Å². The molecule has 1 aromatic carbocycles. The minimum atomic E-state index is -0.946. The molecule has 0 saturated carbocycles. The minimum Gasteiger partial charge on any atom is -0.479 e. The van der Waals surface area contributed by atoms with Crippen molar-refractivity contribution < 1.29 is 19.1 Å². The van der Waals surface area contributed by atoms with Crippen LogP contribution >= 0.6 is 11.6 Å². The van der Waals surface area contributed by atoms with Gasteiger partial charge in [-0.3, -0.25) is 0 Å². The average Bonchev–Trinajstić information content (AvgIpc) is 2.92. The Labute approximate surface area is 114 Å². The van der Waals surface area contributed by atoms with Gasteiger partial charge in [-0.1, -0.05) is 11.6 Å². The molecule has 1 saturated heterocycles. The first kappa shape index (κ1) is 12.4. The van der Waals surface area contributed by atoms with Gasteiger partial charge in [0.2, 0.25) is 5.89 Å². The Morgan fingerprint density at radius 3 is 2.95 bits per heavy atom. The summed E-state index contributed by atoms with van der Waals surface area (Å²) in [6.45, 7) is 1.89. The first-order valence-electron chi connectivity index (χ1n) is 5.99. The monoisotopic (exact) mass is 281 g/mol. The summed E-state index contributed by atoms with van der Waals surface area (Å²) in [4.78, 5) is 15.2. The molecule has 1 aliphatic heterocycles. The molecule has 0 radical (unpaired) electrons. The molecule has 100 valence electrons. The maximum absolute atomic E-state index is 10.9. The number of aromatic nitrogens is 1. The van der Waals surface area contributed by atoms with Crippen LogP contribution in [0.4, 0.5) is 0 Å². The fraction of sp³-hybridized carbons (Fsp3) is 0.385. The predicted octanol–water partition coefficient (Wildman–Crippen LogP) is 3.09. The van der Waals surface area contributed by atoms with E-state index in [0.717, 1.165) is 5.56 Å². The number of rotatable bonds is 2. The van der Waals surface area contributed by atoms with E-state index in [1.165, 1.54) is 0 Å². The number of ether oxygens (including phenoxy) is 1. The fourth-order valence-corrected chi connectivity index (χ4v) is 2.58. The summed E-state index contributed by atoms with van der Waals surface area (Å²) >= 11 is 5.97. The van der Waals surface area contributed by atoms with Crippen LogP contribution in [0.2, 0.25) is 5.02 Å². The van der Waals surface area contributed by atoms with Gasteiger partial charge in [0.25, 0.3) is 0 Å². The fourth-order valence-electron chi connectivity index (χ4n) is 2.31. The van der Waals surface area contributed by atoms with E-state index in [9.17, 15) is 4.79 Å². The number of aliphatic carboxylic acids is 1. The van der Waals surface area contributed by atoms with Crippen LogP contribution in [0.25, 0.3) is 11.1 Å². The predicted molar refractivity (Wildman–Crippen MR) is 68.2 cm³/mol. The Balaban J connectivity index is 1.94. The van der Waals surface area contributed by atoms with Crippen LogP contribution in [0.1, 0.15) is 30.4 Å². The quantitative estimate of drug-likeness (QED) is 0.916. The standard InChI is InChI=1S/C13H12ClNO4/c1-6-4-7(14)5-8-11(6)19-12(15-8)9-2-3-10(18-9)13(16)17/h4-5,9-10H,2-3H2,1H3,(H,16,17). The second-order valence-electron chi connectivity index (χ2n) is 4.65. The van der Waals surface area contributed by atoms with Crippen molar-refractivity contribution in [2.24, 2.45) is 0 Å². The molecule has 5 nitrogen and oxygen atoms in total. The van der Waals surface area contributed by atoms with Crippen LogP contribution in [-0.4, -0.2) is 22.2 Å². The molecular weight excluding hydrogens is 270 g/mol. The Bertz CT molecular complexity index is 651. The SMILES string of the molecule is Cc1cc(Cl)cc2nc(C3CCC(C(=O)O)O3)oc12. The van der Waals surface area contributed by atoms with Crippen LogP contribution in [0.5, 0.6) is 0 Å². The second-order valence-corrected chi connectivity index (χ2v) is 5.09. The van der Waals surface area contributed by atoms with Crippen molar-refractivity contribution in [3.63, 3.8) is 0 Å². The lowest BCUT2D eigenvalue weighted by molar-refractivity contribution is -0.149. The van der Waals surface area contributed by atoms with Gasteiger partial charge in [0.05, 0.1) is 0 Å². The molecule has 6 heteroatoms. The molecule has 2 aromatic rings. The molecule has 1 aliphatic rings. The maximum Gasteiger partial charge on any atom is 0.332 e. The van der Waals surface area contributed by atoms with Crippen molar-refractivity contribution in [1.29, 1.82) is 0 Å². The first-order valence-corrected chi connectivity index (χ1v) is 6.37. The van der Waals surface area contributed by atoms with E-state index in [1.54, 1.807) is 12.1 Å². The third-order valence-electron chi connectivity index (χ3n) is 3.23. The molecule has 0 amide bonds. The summed E-state index contributed by atoms with van der Waals surface area (Å²) in [7, 11) is 0. The summed E-state index contributed by atoms with van der Waals surface area (Å²) in [5.41, 5.74) is 2.23. The maximum atomic E-state index is 10.9. The number of aryl methyl sites for hydroxylation is 1. The molecule has 2 heterocycles. The van der Waals surface area contributed by atoms with Crippen LogP contribution in [-0.2, 0) is 9.53 Å². The molecule has 1 fully saturated rings. The van der Waals surface area contributed by atoms with Crippen LogP contribution in [0.15, 0.2) is 16.5 Å². The third-order valence-corrected chi connectivity index (χ3v) is 3.45. The van der Waals surface area contributed by atoms with Crippen molar-refractivity contribution in [3.05, 3.63) is 28.6 Å². The highest BCUT2D eigenvalue weighted by Crippen LogP contribution is 2.35. The first-order chi connectivity index (χ1) is 9.04. The molecule has 2 unspecified atom stereocenters. The van der Waals surface area contributed by atoms with E-state index in [2.05, 4.69) is 4.98 Å². The van der Waals surface area contributed by atoms with Crippen LogP contribution < -0.4 is 0 Å². The van der Waals surface area contributed by atoms with E-state index >= 15 is 0 Å². The lowest BCUT2D eigenvalue weighted by Crippen LogP contribution is -2.18. The van der Waals surface area contributed by atoms with Crippen molar-refractivity contribution in [1.82, 2.24) is 4.98 Å².